The van der Waals surface area contributed by atoms with Crippen molar-refractivity contribution in [2.45, 2.75) is 19.8 Å². The van der Waals surface area contributed by atoms with Gasteiger partial charge in [0.15, 0.2) is 0 Å². The Kier molecular flexibility index (Phi) is 8.45. The van der Waals surface area contributed by atoms with Gasteiger partial charge in [-0.2, -0.15) is 0 Å². The SMILES string of the molecule is CCCCO[Si](O)(O)O.[LiH]. The van der Waals surface area contributed by atoms with Crippen molar-refractivity contribution in [3.63, 3.8) is 0 Å². The van der Waals surface area contributed by atoms with Crippen LogP contribution in [0.3, 0.4) is 0 Å². The molecular weight excluding hydrogens is 147 g/mol. The summed E-state index contributed by atoms with van der Waals surface area (Å²) in [6.45, 7) is 2.16. The molecule has 0 aromatic carbocycles. The van der Waals surface area contributed by atoms with E-state index in [-0.39, 0.29) is 25.5 Å². The van der Waals surface area contributed by atoms with Crippen molar-refractivity contribution < 1.29 is 18.8 Å². The molecule has 3 N–H and O–H groups in total. The molecule has 0 saturated carbocycles. The molecule has 4 nitrogen and oxygen atoms in total. The first-order valence-electron chi connectivity index (χ1n) is 2.87. The Balaban J connectivity index is 0. The maximum atomic E-state index is 8.27. The Hall–Kier alpha value is 0.654. The Morgan fingerprint density at radius 2 is 1.80 bits per heavy atom. The third-order valence-corrected chi connectivity index (χ3v) is 1.39. The fourth-order valence-corrected chi connectivity index (χ4v) is 0.772. The van der Waals surface area contributed by atoms with Crippen LogP contribution in [0.4, 0.5) is 0 Å². The summed E-state index contributed by atoms with van der Waals surface area (Å²) >= 11 is 0. The predicted molar refractivity (Wildman–Crippen MR) is 40.4 cm³/mol. The molecule has 0 radical (unpaired) electrons. The molecule has 0 aliphatic rings. The monoisotopic (exact) mass is 160 g/mol. The summed E-state index contributed by atoms with van der Waals surface area (Å²) in [5.74, 6) is 0. The summed E-state index contributed by atoms with van der Waals surface area (Å²) in [5, 5.41) is 0. The first-order chi connectivity index (χ1) is 4.06. The first-order valence-corrected chi connectivity index (χ1v) is 4.62. The van der Waals surface area contributed by atoms with Crippen LogP contribution in [0, 0.1) is 0 Å². The number of hydrogen-bond donors (Lipinski definition) is 3. The molecule has 0 aliphatic heterocycles. The molecule has 0 bridgehead atoms. The predicted octanol–water partition coefficient (Wildman–Crippen LogP) is -1.43. The summed E-state index contributed by atoms with van der Waals surface area (Å²) in [5.41, 5.74) is 0. The average Bonchev–Trinajstić information content (AvgIpc) is 1.63. The Bertz CT molecular complexity index is 74.1. The van der Waals surface area contributed by atoms with Crippen LogP contribution in [0.15, 0.2) is 0 Å². The van der Waals surface area contributed by atoms with Crippen LogP contribution < -0.4 is 0 Å². The molecule has 0 amide bonds. The molecule has 0 heterocycles. The maximum absolute atomic E-state index is 8.27. The molecule has 0 unspecified atom stereocenters. The van der Waals surface area contributed by atoms with E-state index < -0.39 is 9.05 Å². The Morgan fingerprint density at radius 1 is 1.30 bits per heavy atom. The zero-order valence-electron chi connectivity index (χ0n) is 5.37. The number of hydrogen-bond acceptors (Lipinski definition) is 4. The van der Waals surface area contributed by atoms with Crippen molar-refractivity contribution in [2.24, 2.45) is 0 Å². The minimum atomic E-state index is -4.19. The topological polar surface area (TPSA) is 69.9 Å². The summed E-state index contributed by atoms with van der Waals surface area (Å²) in [7, 11) is -4.19. The molecule has 10 heavy (non-hydrogen) atoms. The molecule has 0 aromatic rings. The van der Waals surface area contributed by atoms with Gasteiger partial charge in [-0.05, 0) is 6.42 Å². The van der Waals surface area contributed by atoms with E-state index in [9.17, 15) is 0 Å². The van der Waals surface area contributed by atoms with Crippen LogP contribution in [-0.2, 0) is 4.43 Å². The van der Waals surface area contributed by atoms with Gasteiger partial charge < -0.3 is 18.8 Å². The average molecular weight is 160 g/mol. The normalized spacial score (nSPS) is 10.8. The second kappa shape index (κ2) is 6.37. The molecular formula is C4H13LiO4Si. The van der Waals surface area contributed by atoms with Crippen LogP contribution in [0.5, 0.6) is 0 Å². The van der Waals surface area contributed by atoms with Crippen LogP contribution in [0.1, 0.15) is 19.8 Å². The van der Waals surface area contributed by atoms with Gasteiger partial charge in [0.25, 0.3) is 0 Å². The van der Waals surface area contributed by atoms with Gasteiger partial charge in [-0.3, -0.25) is 0 Å². The molecule has 58 valence electrons. The van der Waals surface area contributed by atoms with E-state index in [2.05, 4.69) is 4.43 Å². The summed E-state index contributed by atoms with van der Waals surface area (Å²) < 4.78 is 4.28. The molecule has 0 fully saturated rings. The van der Waals surface area contributed by atoms with E-state index >= 15 is 0 Å². The Morgan fingerprint density at radius 3 is 2.10 bits per heavy atom. The van der Waals surface area contributed by atoms with E-state index in [4.69, 9.17) is 14.4 Å². The second-order valence-corrected chi connectivity index (χ2v) is 3.21. The first kappa shape index (κ1) is 13.3. The van der Waals surface area contributed by atoms with Gasteiger partial charge in [0.2, 0.25) is 0 Å². The quantitative estimate of drug-likeness (QED) is 0.348. The fraction of sp³-hybridized carbons (Fsp3) is 1.00. The molecule has 6 heteroatoms. The molecule has 0 aliphatic carbocycles. The van der Waals surface area contributed by atoms with Crippen LogP contribution in [0.2, 0.25) is 0 Å². The number of rotatable bonds is 4. The van der Waals surface area contributed by atoms with Gasteiger partial charge in [-0.25, -0.2) is 0 Å². The van der Waals surface area contributed by atoms with Crippen molar-refractivity contribution in [1.29, 1.82) is 0 Å². The Labute approximate surface area is 73.5 Å². The van der Waals surface area contributed by atoms with Crippen molar-refractivity contribution in [3.8, 4) is 0 Å². The molecule has 0 saturated heterocycles. The van der Waals surface area contributed by atoms with Crippen molar-refractivity contribution in [2.75, 3.05) is 6.61 Å². The van der Waals surface area contributed by atoms with Gasteiger partial charge in [-0.15, -0.1) is 0 Å². The summed E-state index contributed by atoms with van der Waals surface area (Å²) in [6.07, 6.45) is 1.64. The van der Waals surface area contributed by atoms with E-state index in [0.29, 0.717) is 0 Å². The molecule has 0 rings (SSSR count). The van der Waals surface area contributed by atoms with Crippen molar-refractivity contribution >= 4 is 27.9 Å². The minimum absolute atomic E-state index is 0. The second-order valence-electron chi connectivity index (χ2n) is 1.78. The van der Waals surface area contributed by atoms with Gasteiger partial charge in [0.1, 0.15) is 0 Å². The van der Waals surface area contributed by atoms with Crippen LogP contribution in [-0.4, -0.2) is 48.9 Å². The summed E-state index contributed by atoms with van der Waals surface area (Å²) in [6, 6.07) is 0. The van der Waals surface area contributed by atoms with Crippen LogP contribution >= 0.6 is 0 Å². The summed E-state index contributed by atoms with van der Waals surface area (Å²) in [4.78, 5) is 24.8. The van der Waals surface area contributed by atoms with Gasteiger partial charge >= 0.3 is 27.9 Å². The van der Waals surface area contributed by atoms with E-state index in [1.165, 1.54) is 0 Å². The molecule has 0 atom stereocenters. The van der Waals surface area contributed by atoms with Gasteiger partial charge in [0.05, 0.1) is 0 Å². The third kappa shape index (κ3) is 11.5. The standard InChI is InChI=1S/C4H12O4Si.Li.H/c1-2-3-4-8-9(5,6)7;;/h5-7H,2-4H2,1H3;;. The zero-order valence-corrected chi connectivity index (χ0v) is 6.37. The van der Waals surface area contributed by atoms with Crippen molar-refractivity contribution in [1.82, 2.24) is 0 Å². The third-order valence-electron chi connectivity index (χ3n) is 0.794. The fourth-order valence-electron chi connectivity index (χ4n) is 0.353. The van der Waals surface area contributed by atoms with Gasteiger partial charge in [0, 0.05) is 6.61 Å². The van der Waals surface area contributed by atoms with E-state index in [1.54, 1.807) is 0 Å². The van der Waals surface area contributed by atoms with Crippen LogP contribution in [0.25, 0.3) is 0 Å². The molecule has 0 aromatic heterocycles. The number of unbranched alkanes of at least 4 members (excludes halogenated alkanes) is 1. The van der Waals surface area contributed by atoms with E-state index in [1.807, 2.05) is 6.92 Å². The van der Waals surface area contributed by atoms with Crippen molar-refractivity contribution in [3.05, 3.63) is 0 Å². The van der Waals surface area contributed by atoms with Gasteiger partial charge in [-0.1, -0.05) is 13.3 Å². The molecule has 0 spiro atoms. The van der Waals surface area contributed by atoms with E-state index in [0.717, 1.165) is 12.8 Å². The zero-order chi connectivity index (χ0) is 7.33.